The van der Waals surface area contributed by atoms with Gasteiger partial charge in [0.15, 0.2) is 0 Å². The monoisotopic (exact) mass is 309 g/mol. The Morgan fingerprint density at radius 1 is 1.23 bits per heavy atom. The maximum atomic E-state index is 4.39. The molecule has 0 fully saturated rings. The van der Waals surface area contributed by atoms with Crippen LogP contribution in [0.5, 0.6) is 0 Å². The standard InChI is InChI=1S/C18H19N3S/c1-4-9-19-17-16-15(10-22-18(16)21-11-20-17)14-7-5-13(6-8-14)12(2)3/h4-8,10-12H,1,9H2,2-3H3,(H,19,20,21). The highest BCUT2D eigenvalue weighted by atomic mass is 32.1. The first-order chi connectivity index (χ1) is 10.7. The lowest BCUT2D eigenvalue weighted by molar-refractivity contribution is 0.867. The summed E-state index contributed by atoms with van der Waals surface area (Å²) in [5.41, 5.74) is 3.74. The van der Waals surface area contributed by atoms with E-state index in [-0.39, 0.29) is 0 Å². The molecule has 4 heteroatoms. The molecule has 0 amide bonds. The first-order valence-corrected chi connectivity index (χ1v) is 8.26. The molecule has 112 valence electrons. The van der Waals surface area contributed by atoms with Gasteiger partial charge in [0, 0.05) is 17.5 Å². The van der Waals surface area contributed by atoms with Crippen LogP contribution in [0, 0.1) is 0 Å². The third-order valence-electron chi connectivity index (χ3n) is 3.67. The summed E-state index contributed by atoms with van der Waals surface area (Å²) in [6.45, 7) is 8.85. The Morgan fingerprint density at radius 3 is 2.68 bits per heavy atom. The number of thiophene rings is 1. The van der Waals surface area contributed by atoms with E-state index < -0.39 is 0 Å². The van der Waals surface area contributed by atoms with E-state index >= 15 is 0 Å². The molecule has 1 N–H and O–H groups in total. The van der Waals surface area contributed by atoms with Crippen LogP contribution in [0.15, 0.2) is 48.6 Å². The summed E-state index contributed by atoms with van der Waals surface area (Å²) < 4.78 is 0. The normalized spacial score (nSPS) is 11.0. The molecule has 0 saturated carbocycles. The molecule has 0 atom stereocenters. The van der Waals surface area contributed by atoms with E-state index in [0.29, 0.717) is 12.5 Å². The highest BCUT2D eigenvalue weighted by Gasteiger charge is 2.12. The SMILES string of the molecule is C=CCNc1ncnc2scc(-c3ccc(C(C)C)cc3)c12. The maximum absolute atomic E-state index is 4.39. The van der Waals surface area contributed by atoms with Crippen molar-refractivity contribution in [2.75, 3.05) is 11.9 Å². The van der Waals surface area contributed by atoms with E-state index in [1.54, 1.807) is 17.7 Å². The van der Waals surface area contributed by atoms with Crippen LogP contribution < -0.4 is 5.32 Å². The number of rotatable bonds is 5. The van der Waals surface area contributed by atoms with Gasteiger partial charge in [-0.25, -0.2) is 9.97 Å². The van der Waals surface area contributed by atoms with Gasteiger partial charge in [0.1, 0.15) is 17.0 Å². The fourth-order valence-electron chi connectivity index (χ4n) is 2.44. The van der Waals surface area contributed by atoms with Crippen LogP contribution >= 0.6 is 11.3 Å². The second kappa shape index (κ2) is 6.28. The molecule has 0 aliphatic heterocycles. The Kier molecular flexibility index (Phi) is 4.20. The summed E-state index contributed by atoms with van der Waals surface area (Å²) in [5, 5.41) is 6.55. The maximum Gasteiger partial charge on any atom is 0.139 e. The zero-order chi connectivity index (χ0) is 15.5. The minimum atomic E-state index is 0.543. The first-order valence-electron chi connectivity index (χ1n) is 7.38. The summed E-state index contributed by atoms with van der Waals surface area (Å²) >= 11 is 1.65. The van der Waals surface area contributed by atoms with Crippen LogP contribution in [0.3, 0.4) is 0 Å². The van der Waals surface area contributed by atoms with Gasteiger partial charge in [-0.3, -0.25) is 0 Å². The number of aromatic nitrogens is 2. The quantitative estimate of drug-likeness (QED) is 0.668. The fraction of sp³-hybridized carbons (Fsp3) is 0.222. The van der Waals surface area contributed by atoms with Crippen LogP contribution in [0.2, 0.25) is 0 Å². The van der Waals surface area contributed by atoms with Gasteiger partial charge in [-0.15, -0.1) is 17.9 Å². The van der Waals surface area contributed by atoms with Gasteiger partial charge >= 0.3 is 0 Å². The van der Waals surface area contributed by atoms with Crippen molar-refractivity contribution in [1.29, 1.82) is 0 Å². The van der Waals surface area contributed by atoms with Crippen molar-refractivity contribution in [1.82, 2.24) is 9.97 Å². The van der Waals surface area contributed by atoms with E-state index in [1.807, 2.05) is 6.08 Å². The average molecular weight is 309 g/mol. The minimum Gasteiger partial charge on any atom is -0.366 e. The number of hydrogen-bond acceptors (Lipinski definition) is 4. The van der Waals surface area contributed by atoms with Crippen LogP contribution in [-0.4, -0.2) is 16.5 Å². The summed E-state index contributed by atoms with van der Waals surface area (Å²) in [6.07, 6.45) is 3.44. The molecule has 1 aromatic carbocycles. The van der Waals surface area contributed by atoms with Crippen LogP contribution in [0.1, 0.15) is 25.3 Å². The number of anilines is 1. The van der Waals surface area contributed by atoms with Crippen LogP contribution in [0.25, 0.3) is 21.3 Å². The van der Waals surface area contributed by atoms with Crippen molar-refractivity contribution >= 4 is 27.4 Å². The molecule has 0 unspecified atom stereocenters. The third-order valence-corrected chi connectivity index (χ3v) is 4.56. The van der Waals surface area contributed by atoms with Crippen molar-refractivity contribution in [2.24, 2.45) is 0 Å². The molecule has 3 nitrogen and oxygen atoms in total. The number of fused-ring (bicyclic) bond motifs is 1. The van der Waals surface area contributed by atoms with E-state index in [9.17, 15) is 0 Å². The highest BCUT2D eigenvalue weighted by Crippen LogP contribution is 2.36. The Balaban J connectivity index is 2.08. The Bertz CT molecular complexity index is 788. The van der Waals surface area contributed by atoms with Crippen molar-refractivity contribution < 1.29 is 0 Å². The van der Waals surface area contributed by atoms with Crippen molar-refractivity contribution in [3.63, 3.8) is 0 Å². The highest BCUT2D eigenvalue weighted by molar-refractivity contribution is 7.17. The molecule has 0 aliphatic rings. The minimum absolute atomic E-state index is 0.543. The number of nitrogens with one attached hydrogen (secondary N) is 1. The van der Waals surface area contributed by atoms with Gasteiger partial charge < -0.3 is 5.32 Å². The first kappa shape index (κ1) is 14.7. The van der Waals surface area contributed by atoms with Gasteiger partial charge in [0.25, 0.3) is 0 Å². The molecule has 2 heterocycles. The predicted octanol–water partition coefficient (Wildman–Crippen LogP) is 5.08. The number of nitrogens with zero attached hydrogens (tertiary/aromatic N) is 2. The lowest BCUT2D eigenvalue weighted by atomic mass is 9.99. The van der Waals surface area contributed by atoms with Crippen molar-refractivity contribution in [3.8, 4) is 11.1 Å². The van der Waals surface area contributed by atoms with Crippen molar-refractivity contribution in [2.45, 2.75) is 19.8 Å². The molecule has 22 heavy (non-hydrogen) atoms. The molecule has 0 radical (unpaired) electrons. The van der Waals surface area contributed by atoms with Gasteiger partial charge in [-0.05, 0) is 17.0 Å². The van der Waals surface area contributed by atoms with E-state index in [0.717, 1.165) is 16.0 Å². The van der Waals surface area contributed by atoms with E-state index in [1.165, 1.54) is 16.7 Å². The molecule has 0 saturated heterocycles. The largest absolute Gasteiger partial charge is 0.366 e. The third kappa shape index (κ3) is 2.74. The average Bonchev–Trinajstić information content (AvgIpc) is 2.97. The van der Waals surface area contributed by atoms with Gasteiger partial charge in [-0.2, -0.15) is 0 Å². The smallest absolute Gasteiger partial charge is 0.139 e. The Labute approximate surface area is 134 Å². The molecule has 2 aromatic heterocycles. The molecule has 0 spiro atoms. The molecular weight excluding hydrogens is 290 g/mol. The second-order valence-corrected chi connectivity index (χ2v) is 6.36. The van der Waals surface area contributed by atoms with Gasteiger partial charge in [0.2, 0.25) is 0 Å². The summed E-state index contributed by atoms with van der Waals surface area (Å²) in [6, 6.07) is 8.76. The zero-order valence-corrected chi connectivity index (χ0v) is 13.7. The second-order valence-electron chi connectivity index (χ2n) is 5.50. The van der Waals surface area contributed by atoms with E-state index in [4.69, 9.17) is 0 Å². The van der Waals surface area contributed by atoms with Crippen molar-refractivity contribution in [3.05, 3.63) is 54.2 Å². The Hall–Kier alpha value is -2.20. The molecule has 0 aliphatic carbocycles. The van der Waals surface area contributed by atoms with Gasteiger partial charge in [-0.1, -0.05) is 44.2 Å². The molecular formula is C18H19N3S. The summed E-state index contributed by atoms with van der Waals surface area (Å²) in [7, 11) is 0. The zero-order valence-electron chi connectivity index (χ0n) is 12.8. The van der Waals surface area contributed by atoms with Crippen LogP contribution in [-0.2, 0) is 0 Å². The van der Waals surface area contributed by atoms with E-state index in [2.05, 4.69) is 65.4 Å². The summed E-state index contributed by atoms with van der Waals surface area (Å²) in [4.78, 5) is 9.77. The molecule has 0 bridgehead atoms. The lowest BCUT2D eigenvalue weighted by Gasteiger charge is -2.08. The number of benzene rings is 1. The molecule has 3 rings (SSSR count). The Morgan fingerprint density at radius 2 is 2.00 bits per heavy atom. The van der Waals surface area contributed by atoms with Gasteiger partial charge in [0.05, 0.1) is 5.39 Å². The predicted molar refractivity (Wildman–Crippen MR) is 95.6 cm³/mol. The topological polar surface area (TPSA) is 37.8 Å². The lowest BCUT2D eigenvalue weighted by Crippen LogP contribution is -2.01. The fourth-order valence-corrected chi connectivity index (χ4v) is 3.35. The summed E-state index contributed by atoms with van der Waals surface area (Å²) in [5.74, 6) is 1.41. The molecule has 3 aromatic rings. The number of hydrogen-bond donors (Lipinski definition) is 1. The van der Waals surface area contributed by atoms with Crippen LogP contribution in [0.4, 0.5) is 5.82 Å².